The zero-order chi connectivity index (χ0) is 25.5. The number of halogens is 4. The number of fused-ring (bicyclic) bond motifs is 2. The first kappa shape index (κ1) is 22.9. The lowest BCUT2D eigenvalue weighted by atomic mass is 9.99. The standard InChI is InChI=1S/C24H23F4N7O/c1-9-19(24(26,27)28)11(6-15(29)32-9)21-20(25)23-18(14(33-21)4-5-16(30)36)22(34-35(23)10-2-3-10)17-12-7-31-8-13(12)17/h4-6,10,12-13,17,31H,2-3,7-8H2,1H3,(H2,29,32)(H2,30,36). The summed E-state index contributed by atoms with van der Waals surface area (Å²) in [5.41, 5.74) is 9.42. The fraction of sp³-hybridized carbons (Fsp3) is 0.417. The van der Waals surface area contributed by atoms with Gasteiger partial charge in [0.1, 0.15) is 17.0 Å². The summed E-state index contributed by atoms with van der Waals surface area (Å²) in [4.78, 5) is 19.6. The fourth-order valence-corrected chi connectivity index (χ4v) is 5.59. The number of alkyl halides is 3. The molecule has 3 aromatic rings. The maximum absolute atomic E-state index is 16.3. The topological polar surface area (TPSA) is 125 Å². The van der Waals surface area contributed by atoms with Crippen LogP contribution in [0.5, 0.6) is 0 Å². The Hall–Kier alpha value is -3.54. The van der Waals surface area contributed by atoms with Crippen LogP contribution in [0.15, 0.2) is 12.1 Å². The first-order chi connectivity index (χ1) is 17.1. The van der Waals surface area contributed by atoms with Gasteiger partial charge in [0.05, 0.1) is 34.1 Å². The number of nitrogens with two attached hydrogens (primary N) is 2. The number of aromatic nitrogens is 4. The molecule has 8 nitrogen and oxygen atoms in total. The van der Waals surface area contributed by atoms with Crippen molar-refractivity contribution in [1.29, 1.82) is 0 Å². The molecule has 0 aromatic carbocycles. The monoisotopic (exact) mass is 501 g/mol. The van der Waals surface area contributed by atoms with E-state index >= 15 is 4.39 Å². The summed E-state index contributed by atoms with van der Waals surface area (Å²) < 4.78 is 60.1. The molecule has 4 heterocycles. The van der Waals surface area contributed by atoms with Gasteiger partial charge in [-0.15, -0.1) is 0 Å². The third kappa shape index (κ3) is 3.54. The minimum absolute atomic E-state index is 0.0537. The van der Waals surface area contributed by atoms with Gasteiger partial charge in [-0.25, -0.2) is 14.4 Å². The minimum atomic E-state index is -4.83. The van der Waals surface area contributed by atoms with E-state index in [1.807, 2.05) is 0 Å². The van der Waals surface area contributed by atoms with Gasteiger partial charge in [0.25, 0.3) is 0 Å². The number of anilines is 1. The van der Waals surface area contributed by atoms with Crippen molar-refractivity contribution < 1.29 is 22.4 Å². The number of hydrogen-bond acceptors (Lipinski definition) is 6. The van der Waals surface area contributed by atoms with E-state index in [9.17, 15) is 18.0 Å². The summed E-state index contributed by atoms with van der Waals surface area (Å²) in [5, 5.41) is 8.51. The highest BCUT2D eigenvalue weighted by molar-refractivity contribution is 5.97. The van der Waals surface area contributed by atoms with Crippen LogP contribution in [-0.2, 0) is 11.0 Å². The molecule has 0 spiro atoms. The van der Waals surface area contributed by atoms with E-state index in [0.29, 0.717) is 22.9 Å². The molecule has 2 unspecified atom stereocenters. The highest BCUT2D eigenvalue weighted by Crippen LogP contribution is 2.58. The van der Waals surface area contributed by atoms with Crippen LogP contribution in [0.3, 0.4) is 0 Å². The normalized spacial score (nSPS) is 23.5. The molecule has 36 heavy (non-hydrogen) atoms. The van der Waals surface area contributed by atoms with Crippen molar-refractivity contribution >= 4 is 28.7 Å². The van der Waals surface area contributed by atoms with Crippen molar-refractivity contribution in [3.05, 3.63) is 40.6 Å². The molecule has 3 aromatic heterocycles. The Balaban J connectivity index is 1.67. The van der Waals surface area contributed by atoms with Gasteiger partial charge in [-0.3, -0.25) is 9.48 Å². The second-order valence-electron chi connectivity index (χ2n) is 9.74. The van der Waals surface area contributed by atoms with Crippen molar-refractivity contribution in [3.8, 4) is 11.3 Å². The summed E-state index contributed by atoms with van der Waals surface area (Å²) in [6, 6.07) is 0.923. The summed E-state index contributed by atoms with van der Waals surface area (Å²) in [6.07, 6.45) is -0.875. The van der Waals surface area contributed by atoms with E-state index in [0.717, 1.165) is 38.1 Å². The van der Waals surface area contributed by atoms with Crippen molar-refractivity contribution in [2.45, 2.75) is 37.9 Å². The van der Waals surface area contributed by atoms with Gasteiger partial charge in [0.2, 0.25) is 5.91 Å². The van der Waals surface area contributed by atoms with Gasteiger partial charge in [-0.05, 0) is 56.8 Å². The van der Waals surface area contributed by atoms with E-state index in [1.54, 1.807) is 4.68 Å². The quantitative estimate of drug-likeness (QED) is 0.364. The van der Waals surface area contributed by atoms with Crippen molar-refractivity contribution in [1.82, 2.24) is 25.1 Å². The number of aryl methyl sites for hydroxylation is 1. The van der Waals surface area contributed by atoms with Crippen LogP contribution in [0.25, 0.3) is 28.2 Å². The molecule has 1 amide bonds. The largest absolute Gasteiger partial charge is 0.418 e. The number of carbonyl (C=O) groups is 1. The zero-order valence-electron chi connectivity index (χ0n) is 19.2. The first-order valence-corrected chi connectivity index (χ1v) is 11.7. The van der Waals surface area contributed by atoms with Gasteiger partial charge >= 0.3 is 6.18 Å². The van der Waals surface area contributed by atoms with Gasteiger partial charge < -0.3 is 16.8 Å². The number of rotatable bonds is 5. The number of primary amides is 1. The second-order valence-corrected chi connectivity index (χ2v) is 9.74. The van der Waals surface area contributed by atoms with E-state index in [1.165, 1.54) is 13.0 Å². The molecule has 1 saturated heterocycles. The Kier molecular flexibility index (Phi) is 4.91. The van der Waals surface area contributed by atoms with Crippen molar-refractivity contribution in [2.75, 3.05) is 18.8 Å². The third-order valence-corrected chi connectivity index (χ3v) is 7.31. The number of nitrogen functional groups attached to an aromatic ring is 1. The number of hydrogen-bond donors (Lipinski definition) is 3. The van der Waals surface area contributed by atoms with Gasteiger partial charge in [-0.1, -0.05) is 0 Å². The molecule has 0 radical (unpaired) electrons. The Morgan fingerprint density at radius 3 is 2.53 bits per heavy atom. The smallest absolute Gasteiger partial charge is 0.384 e. The van der Waals surface area contributed by atoms with Gasteiger partial charge in [0, 0.05) is 17.6 Å². The molecule has 5 N–H and O–H groups in total. The predicted molar refractivity (Wildman–Crippen MR) is 124 cm³/mol. The lowest BCUT2D eigenvalue weighted by Gasteiger charge is -2.17. The Morgan fingerprint density at radius 2 is 1.92 bits per heavy atom. The van der Waals surface area contributed by atoms with Crippen LogP contribution in [-0.4, -0.2) is 38.7 Å². The summed E-state index contributed by atoms with van der Waals surface area (Å²) in [6.45, 7) is 2.80. The highest BCUT2D eigenvalue weighted by atomic mass is 19.4. The van der Waals surface area contributed by atoms with Crippen molar-refractivity contribution in [3.63, 3.8) is 0 Å². The van der Waals surface area contributed by atoms with Crippen LogP contribution in [0.2, 0.25) is 0 Å². The first-order valence-electron chi connectivity index (χ1n) is 11.7. The van der Waals surface area contributed by atoms with Crippen LogP contribution >= 0.6 is 0 Å². The maximum atomic E-state index is 16.3. The third-order valence-electron chi connectivity index (χ3n) is 7.31. The number of nitrogens with zero attached hydrogens (tertiary/aromatic N) is 4. The van der Waals surface area contributed by atoms with E-state index in [-0.39, 0.29) is 34.7 Å². The molecule has 3 aliphatic rings. The van der Waals surface area contributed by atoms with Crippen LogP contribution < -0.4 is 16.8 Å². The lowest BCUT2D eigenvalue weighted by molar-refractivity contribution is -0.137. The van der Waals surface area contributed by atoms with Crippen LogP contribution in [0, 0.1) is 24.6 Å². The molecule has 2 aliphatic carbocycles. The molecule has 2 atom stereocenters. The molecule has 12 heteroatoms. The number of pyridine rings is 2. The summed E-state index contributed by atoms with van der Waals surface area (Å²) >= 11 is 0. The number of piperidine rings is 1. The molecule has 188 valence electrons. The van der Waals surface area contributed by atoms with E-state index < -0.39 is 34.7 Å². The van der Waals surface area contributed by atoms with Crippen LogP contribution in [0.1, 0.15) is 47.4 Å². The van der Waals surface area contributed by atoms with E-state index in [2.05, 4.69) is 15.3 Å². The Labute approximate surface area is 202 Å². The van der Waals surface area contributed by atoms with Gasteiger partial charge in [-0.2, -0.15) is 18.3 Å². The lowest BCUT2D eigenvalue weighted by Crippen LogP contribution is -2.14. The molecule has 0 bridgehead atoms. The Morgan fingerprint density at radius 1 is 1.22 bits per heavy atom. The molecular formula is C24H23F4N7O. The van der Waals surface area contributed by atoms with Gasteiger partial charge in [0.15, 0.2) is 5.82 Å². The summed E-state index contributed by atoms with van der Waals surface area (Å²) in [7, 11) is 0. The molecule has 6 rings (SSSR count). The number of amides is 1. The fourth-order valence-electron chi connectivity index (χ4n) is 5.59. The molecule has 1 aliphatic heterocycles. The van der Waals surface area contributed by atoms with Crippen molar-refractivity contribution in [2.24, 2.45) is 17.6 Å². The number of carbonyl (C=O) groups excluding carboxylic acids is 1. The summed E-state index contributed by atoms with van der Waals surface area (Å²) in [5.74, 6) is -1.07. The molecular weight excluding hydrogens is 478 g/mol. The van der Waals surface area contributed by atoms with E-state index in [4.69, 9.17) is 16.6 Å². The number of nitrogens with one attached hydrogen (secondary N) is 1. The SMILES string of the molecule is Cc1nc(N)cc(-c2nc(C=CC(N)=O)c3c(C4C5CNCC54)nn(C4CC4)c3c2F)c1C(F)(F)F. The Bertz CT molecular complexity index is 1450. The maximum Gasteiger partial charge on any atom is 0.418 e. The highest BCUT2D eigenvalue weighted by Gasteiger charge is 2.56. The average molecular weight is 501 g/mol. The minimum Gasteiger partial charge on any atom is -0.384 e. The molecule has 3 fully saturated rings. The van der Waals surface area contributed by atoms with Crippen LogP contribution in [0.4, 0.5) is 23.4 Å². The predicted octanol–water partition coefficient (Wildman–Crippen LogP) is 3.31. The molecule has 2 saturated carbocycles. The average Bonchev–Trinajstić information content (AvgIpc) is 3.66. The zero-order valence-corrected chi connectivity index (χ0v) is 19.2. The second kappa shape index (κ2) is 7.73.